The van der Waals surface area contributed by atoms with Crippen LogP contribution < -0.4 is 5.32 Å². The first-order chi connectivity index (χ1) is 13.1. The van der Waals surface area contributed by atoms with E-state index in [1.807, 2.05) is 23.1 Å². The van der Waals surface area contributed by atoms with Gasteiger partial charge in [-0.25, -0.2) is 13.8 Å². The number of carbonyl (C=O) groups is 1. The lowest BCUT2D eigenvalue weighted by molar-refractivity contribution is -0.117. The van der Waals surface area contributed by atoms with Gasteiger partial charge in [0.25, 0.3) is 0 Å². The van der Waals surface area contributed by atoms with Crippen LogP contribution in [0.15, 0.2) is 42.5 Å². The molecule has 1 saturated heterocycles. The van der Waals surface area contributed by atoms with Gasteiger partial charge in [-0.05, 0) is 43.7 Å². The van der Waals surface area contributed by atoms with Crippen LogP contribution in [0.4, 0.5) is 14.5 Å². The number of rotatable bonds is 4. The van der Waals surface area contributed by atoms with E-state index in [1.165, 1.54) is 4.70 Å². The number of likely N-dealkylation sites (tertiary alicyclic amines) is 1. The molecule has 3 aromatic rings. The fraction of sp³-hybridized carbons (Fsp3) is 0.300. The summed E-state index contributed by atoms with van der Waals surface area (Å²) in [6.07, 6.45) is 2.01. The Morgan fingerprint density at radius 2 is 2.11 bits per heavy atom. The molecule has 4 rings (SSSR count). The molecule has 1 fully saturated rings. The summed E-state index contributed by atoms with van der Waals surface area (Å²) in [5, 5.41) is 3.56. The Kier molecular flexibility index (Phi) is 5.13. The Morgan fingerprint density at radius 3 is 2.96 bits per heavy atom. The van der Waals surface area contributed by atoms with E-state index in [1.54, 1.807) is 11.3 Å². The number of amides is 1. The van der Waals surface area contributed by atoms with Gasteiger partial charge in [0.2, 0.25) is 5.91 Å². The molecule has 0 radical (unpaired) electrons. The highest BCUT2D eigenvalue weighted by Gasteiger charge is 2.25. The van der Waals surface area contributed by atoms with Crippen molar-refractivity contribution in [3.05, 3.63) is 59.1 Å². The standard InChI is InChI=1S/C20H19F2N3OS/c21-14-7-8-15(22)17(10-14)23-19(26)12-25-9-3-4-13(11-25)20-24-16-5-1-2-6-18(16)27-20/h1-2,5-8,10,13H,3-4,9,11-12H2,(H,23,26)/t13-/m1/s1. The first-order valence-corrected chi connectivity index (χ1v) is 9.73. The van der Waals surface area contributed by atoms with Crippen LogP contribution in [0.25, 0.3) is 10.2 Å². The molecule has 27 heavy (non-hydrogen) atoms. The fourth-order valence-electron chi connectivity index (χ4n) is 3.45. The number of nitrogens with one attached hydrogen (secondary N) is 1. The van der Waals surface area contributed by atoms with Crippen molar-refractivity contribution in [2.75, 3.05) is 25.0 Å². The average Bonchev–Trinajstić information content (AvgIpc) is 3.09. The second-order valence-electron chi connectivity index (χ2n) is 6.77. The third kappa shape index (κ3) is 4.14. The molecule has 7 heteroatoms. The van der Waals surface area contributed by atoms with Crippen molar-refractivity contribution in [2.24, 2.45) is 0 Å². The summed E-state index contributed by atoms with van der Waals surface area (Å²) in [7, 11) is 0. The summed E-state index contributed by atoms with van der Waals surface area (Å²) in [5.74, 6) is -1.28. The molecule has 4 nitrogen and oxygen atoms in total. The number of aromatic nitrogens is 1. The van der Waals surface area contributed by atoms with Gasteiger partial charge in [0.15, 0.2) is 0 Å². The Hall–Kier alpha value is -2.38. The summed E-state index contributed by atoms with van der Waals surface area (Å²) in [5.41, 5.74) is 0.883. The number of anilines is 1. The molecule has 1 N–H and O–H groups in total. The van der Waals surface area contributed by atoms with Gasteiger partial charge in [-0.1, -0.05) is 12.1 Å². The minimum Gasteiger partial charge on any atom is -0.322 e. The zero-order valence-corrected chi connectivity index (χ0v) is 15.4. The third-order valence-corrected chi connectivity index (χ3v) is 5.93. The van der Waals surface area contributed by atoms with Gasteiger partial charge >= 0.3 is 0 Å². The number of piperidine rings is 1. The van der Waals surface area contributed by atoms with Crippen LogP contribution >= 0.6 is 11.3 Å². The molecule has 0 aliphatic carbocycles. The van der Waals surface area contributed by atoms with E-state index in [0.717, 1.165) is 54.7 Å². The Labute approximate surface area is 159 Å². The quantitative estimate of drug-likeness (QED) is 0.722. The Morgan fingerprint density at radius 1 is 1.26 bits per heavy atom. The van der Waals surface area contributed by atoms with Crippen LogP contribution in [0.2, 0.25) is 0 Å². The van der Waals surface area contributed by atoms with Crippen molar-refractivity contribution in [2.45, 2.75) is 18.8 Å². The van der Waals surface area contributed by atoms with Crippen LogP contribution in [-0.2, 0) is 4.79 Å². The molecule has 1 aliphatic heterocycles. The fourth-order valence-corrected chi connectivity index (χ4v) is 4.54. The molecule has 0 unspecified atom stereocenters. The van der Waals surface area contributed by atoms with Gasteiger partial charge in [0, 0.05) is 18.5 Å². The zero-order valence-electron chi connectivity index (χ0n) is 14.6. The number of halogens is 2. The van der Waals surface area contributed by atoms with Crippen molar-refractivity contribution in [1.82, 2.24) is 9.88 Å². The summed E-state index contributed by atoms with van der Waals surface area (Å²) in [6, 6.07) is 11.1. The Balaban J connectivity index is 1.40. The third-order valence-electron chi connectivity index (χ3n) is 4.73. The lowest BCUT2D eigenvalue weighted by atomic mass is 9.99. The van der Waals surface area contributed by atoms with Crippen LogP contribution in [0.1, 0.15) is 23.8 Å². The molecule has 0 saturated carbocycles. The number of fused-ring (bicyclic) bond motifs is 1. The normalized spacial score (nSPS) is 17.9. The van der Waals surface area contributed by atoms with Gasteiger partial charge in [0.05, 0.1) is 27.5 Å². The molecular weight excluding hydrogens is 368 g/mol. The molecule has 1 amide bonds. The second-order valence-corrected chi connectivity index (χ2v) is 7.83. The molecule has 0 bridgehead atoms. The lowest BCUT2D eigenvalue weighted by Gasteiger charge is -2.31. The van der Waals surface area contributed by atoms with Crippen LogP contribution in [0.5, 0.6) is 0 Å². The first kappa shape index (κ1) is 18.0. The van der Waals surface area contributed by atoms with E-state index in [0.29, 0.717) is 0 Å². The topological polar surface area (TPSA) is 45.2 Å². The average molecular weight is 387 g/mol. The van der Waals surface area contributed by atoms with Crippen molar-refractivity contribution in [3.63, 3.8) is 0 Å². The van der Waals surface area contributed by atoms with E-state index < -0.39 is 11.6 Å². The van der Waals surface area contributed by atoms with Crippen molar-refractivity contribution in [1.29, 1.82) is 0 Å². The molecule has 0 spiro atoms. The highest BCUT2D eigenvalue weighted by Crippen LogP contribution is 2.32. The van der Waals surface area contributed by atoms with E-state index in [9.17, 15) is 13.6 Å². The zero-order chi connectivity index (χ0) is 18.8. The number of thiazole rings is 1. The number of benzene rings is 2. The molecule has 1 aromatic heterocycles. The lowest BCUT2D eigenvalue weighted by Crippen LogP contribution is -2.39. The summed E-state index contributed by atoms with van der Waals surface area (Å²) in [6.45, 7) is 1.69. The second kappa shape index (κ2) is 7.70. The molecule has 2 heterocycles. The Bertz CT molecular complexity index is 942. The van der Waals surface area contributed by atoms with Gasteiger partial charge < -0.3 is 5.32 Å². The highest BCUT2D eigenvalue weighted by atomic mass is 32.1. The summed E-state index contributed by atoms with van der Waals surface area (Å²) in [4.78, 5) is 19.1. The van der Waals surface area contributed by atoms with Crippen LogP contribution in [-0.4, -0.2) is 35.4 Å². The van der Waals surface area contributed by atoms with Crippen molar-refractivity contribution >= 4 is 33.1 Å². The largest absolute Gasteiger partial charge is 0.322 e. The van der Waals surface area contributed by atoms with Crippen LogP contribution in [0, 0.1) is 11.6 Å². The number of para-hydroxylation sites is 1. The van der Waals surface area contributed by atoms with Gasteiger partial charge in [-0.15, -0.1) is 11.3 Å². The maximum absolute atomic E-state index is 13.7. The number of nitrogens with zero attached hydrogens (tertiary/aromatic N) is 2. The van der Waals surface area contributed by atoms with Crippen molar-refractivity contribution in [3.8, 4) is 0 Å². The van der Waals surface area contributed by atoms with E-state index in [2.05, 4.69) is 11.4 Å². The van der Waals surface area contributed by atoms with E-state index >= 15 is 0 Å². The first-order valence-electron chi connectivity index (χ1n) is 8.91. The number of carbonyl (C=O) groups excluding carboxylic acids is 1. The molecule has 1 aliphatic rings. The number of hydrogen-bond donors (Lipinski definition) is 1. The highest BCUT2D eigenvalue weighted by molar-refractivity contribution is 7.18. The summed E-state index contributed by atoms with van der Waals surface area (Å²) < 4.78 is 28.1. The monoisotopic (exact) mass is 387 g/mol. The van der Waals surface area contributed by atoms with E-state index in [-0.39, 0.29) is 24.1 Å². The predicted molar refractivity (Wildman–Crippen MR) is 103 cm³/mol. The minimum atomic E-state index is -0.643. The molecule has 1 atom stereocenters. The van der Waals surface area contributed by atoms with Gasteiger partial charge in [-0.3, -0.25) is 9.69 Å². The van der Waals surface area contributed by atoms with Crippen molar-refractivity contribution < 1.29 is 13.6 Å². The minimum absolute atomic E-state index is 0.125. The number of hydrogen-bond acceptors (Lipinski definition) is 4. The summed E-state index contributed by atoms with van der Waals surface area (Å²) >= 11 is 1.70. The molecular formula is C20H19F2N3OS. The predicted octanol–water partition coefficient (Wildman–Crippen LogP) is 4.39. The van der Waals surface area contributed by atoms with E-state index in [4.69, 9.17) is 4.98 Å². The maximum atomic E-state index is 13.7. The SMILES string of the molecule is O=C(CN1CCC[C@@H](c2nc3ccccc3s2)C1)Nc1cc(F)ccc1F. The maximum Gasteiger partial charge on any atom is 0.238 e. The van der Waals surface area contributed by atoms with Gasteiger partial charge in [-0.2, -0.15) is 0 Å². The van der Waals surface area contributed by atoms with Gasteiger partial charge in [0.1, 0.15) is 11.6 Å². The smallest absolute Gasteiger partial charge is 0.238 e. The van der Waals surface area contributed by atoms with Crippen LogP contribution in [0.3, 0.4) is 0 Å². The molecule has 140 valence electrons. The molecule has 2 aromatic carbocycles.